The molecule has 1 aliphatic carbocycles. The van der Waals surface area contributed by atoms with Crippen molar-refractivity contribution in [3.8, 4) is 0 Å². The molecular weight excluding hydrogens is 250 g/mol. The molecule has 1 atom stereocenters. The highest BCUT2D eigenvalue weighted by atomic mass is 79.9. The lowest BCUT2D eigenvalue weighted by Crippen LogP contribution is -2.24. The van der Waals surface area contributed by atoms with E-state index in [-0.39, 0.29) is 0 Å². The van der Waals surface area contributed by atoms with Gasteiger partial charge < -0.3 is 5.32 Å². The average Bonchev–Trinajstić information content (AvgIpc) is 2.26. The Morgan fingerprint density at radius 1 is 1.47 bits per heavy atom. The van der Waals surface area contributed by atoms with Gasteiger partial charge in [0.05, 0.1) is 0 Å². The predicted molar refractivity (Wildman–Crippen MR) is 68.4 cm³/mol. The van der Waals surface area contributed by atoms with Gasteiger partial charge in [-0.15, -0.1) is 0 Å². The van der Waals surface area contributed by atoms with Crippen LogP contribution in [-0.4, -0.2) is 13.1 Å². The Morgan fingerprint density at radius 2 is 2.33 bits per heavy atom. The number of hydrogen-bond donors (Lipinski definition) is 1. The highest BCUT2D eigenvalue weighted by Gasteiger charge is 2.21. The van der Waals surface area contributed by atoms with E-state index in [1.807, 2.05) is 0 Å². The molecule has 0 bridgehead atoms. The van der Waals surface area contributed by atoms with Crippen molar-refractivity contribution in [2.75, 3.05) is 13.1 Å². The molecule has 0 aromatic heterocycles. The summed E-state index contributed by atoms with van der Waals surface area (Å²) in [6.07, 6.45) is 3.90. The Bertz CT molecular complexity index is 335. The van der Waals surface area contributed by atoms with Crippen molar-refractivity contribution in [2.45, 2.75) is 32.1 Å². The second kappa shape index (κ2) is 5.13. The Hall–Kier alpha value is -0.340. The molecule has 1 aromatic carbocycles. The summed E-state index contributed by atoms with van der Waals surface area (Å²) in [6, 6.07) is 6.60. The van der Waals surface area contributed by atoms with Gasteiger partial charge in [0.1, 0.15) is 0 Å². The average molecular weight is 268 g/mol. The van der Waals surface area contributed by atoms with Gasteiger partial charge in [0.25, 0.3) is 0 Å². The van der Waals surface area contributed by atoms with E-state index in [4.69, 9.17) is 0 Å². The Balaban J connectivity index is 2.24. The van der Waals surface area contributed by atoms with Crippen molar-refractivity contribution >= 4 is 15.9 Å². The zero-order valence-electron chi connectivity index (χ0n) is 9.22. The van der Waals surface area contributed by atoms with E-state index in [1.165, 1.54) is 23.7 Å². The molecule has 1 nitrogen and oxygen atoms in total. The van der Waals surface area contributed by atoms with Gasteiger partial charge in [0, 0.05) is 11.0 Å². The number of fused-ring (bicyclic) bond motifs is 1. The monoisotopic (exact) mass is 267 g/mol. The quantitative estimate of drug-likeness (QED) is 0.885. The van der Waals surface area contributed by atoms with E-state index in [0.717, 1.165) is 13.1 Å². The highest BCUT2D eigenvalue weighted by molar-refractivity contribution is 9.10. The zero-order chi connectivity index (χ0) is 10.7. The van der Waals surface area contributed by atoms with E-state index in [2.05, 4.69) is 46.4 Å². The normalized spacial score (nSPS) is 20.0. The Kier molecular flexibility index (Phi) is 3.81. The van der Waals surface area contributed by atoms with Gasteiger partial charge in [-0.1, -0.05) is 35.0 Å². The summed E-state index contributed by atoms with van der Waals surface area (Å²) in [5.74, 6) is 0.698. The van der Waals surface area contributed by atoms with Crippen LogP contribution in [0.3, 0.4) is 0 Å². The maximum atomic E-state index is 3.69. The number of rotatable bonds is 3. The van der Waals surface area contributed by atoms with Gasteiger partial charge in [-0.2, -0.15) is 0 Å². The minimum absolute atomic E-state index is 0.698. The van der Waals surface area contributed by atoms with Crippen LogP contribution in [0.5, 0.6) is 0 Å². The first-order chi connectivity index (χ1) is 7.33. The molecule has 0 saturated carbocycles. The van der Waals surface area contributed by atoms with Crippen molar-refractivity contribution in [1.29, 1.82) is 0 Å². The van der Waals surface area contributed by atoms with Crippen LogP contribution < -0.4 is 5.32 Å². The first-order valence-electron chi connectivity index (χ1n) is 5.81. The van der Waals surface area contributed by atoms with E-state index >= 15 is 0 Å². The number of halogens is 1. The Morgan fingerprint density at radius 3 is 3.13 bits per heavy atom. The maximum absolute atomic E-state index is 3.69. The molecule has 0 saturated heterocycles. The van der Waals surface area contributed by atoms with Crippen molar-refractivity contribution in [2.24, 2.45) is 0 Å². The van der Waals surface area contributed by atoms with Gasteiger partial charge in [-0.25, -0.2) is 0 Å². The van der Waals surface area contributed by atoms with Crippen LogP contribution in [0.1, 0.15) is 36.8 Å². The molecule has 2 heteroatoms. The SMILES string of the molecule is CCNCC1CCCc2cccc(Br)c21. The fourth-order valence-corrected chi connectivity index (χ4v) is 3.19. The van der Waals surface area contributed by atoms with Crippen LogP contribution in [0.15, 0.2) is 22.7 Å². The Labute approximate surface area is 100 Å². The van der Waals surface area contributed by atoms with Crippen molar-refractivity contribution in [1.82, 2.24) is 5.32 Å². The number of benzene rings is 1. The van der Waals surface area contributed by atoms with Gasteiger partial charge in [0.2, 0.25) is 0 Å². The molecule has 15 heavy (non-hydrogen) atoms. The van der Waals surface area contributed by atoms with E-state index in [0.29, 0.717) is 5.92 Å². The lowest BCUT2D eigenvalue weighted by Gasteiger charge is -2.26. The fraction of sp³-hybridized carbons (Fsp3) is 0.538. The van der Waals surface area contributed by atoms with E-state index < -0.39 is 0 Å². The van der Waals surface area contributed by atoms with Crippen LogP contribution in [0.4, 0.5) is 0 Å². The second-order valence-electron chi connectivity index (χ2n) is 4.21. The van der Waals surface area contributed by atoms with Crippen molar-refractivity contribution < 1.29 is 0 Å². The van der Waals surface area contributed by atoms with Crippen molar-refractivity contribution in [3.05, 3.63) is 33.8 Å². The summed E-state index contributed by atoms with van der Waals surface area (Å²) in [7, 11) is 0. The second-order valence-corrected chi connectivity index (χ2v) is 5.06. The van der Waals surface area contributed by atoms with Gasteiger partial charge in [-0.05, 0) is 48.9 Å². The third kappa shape index (κ3) is 2.43. The number of nitrogens with one attached hydrogen (secondary N) is 1. The zero-order valence-corrected chi connectivity index (χ0v) is 10.8. The summed E-state index contributed by atoms with van der Waals surface area (Å²) in [4.78, 5) is 0. The van der Waals surface area contributed by atoms with Crippen LogP contribution in [0, 0.1) is 0 Å². The summed E-state index contributed by atoms with van der Waals surface area (Å²) in [5.41, 5.74) is 3.09. The summed E-state index contributed by atoms with van der Waals surface area (Å²) >= 11 is 3.69. The maximum Gasteiger partial charge on any atom is 0.0213 e. The largest absolute Gasteiger partial charge is 0.316 e. The summed E-state index contributed by atoms with van der Waals surface area (Å²) in [6.45, 7) is 4.35. The number of aryl methyl sites for hydroxylation is 1. The number of hydrogen-bond acceptors (Lipinski definition) is 1. The van der Waals surface area contributed by atoms with Crippen LogP contribution >= 0.6 is 15.9 Å². The smallest absolute Gasteiger partial charge is 0.0213 e. The standard InChI is InChI=1S/C13H18BrN/c1-2-15-9-11-7-3-5-10-6-4-8-12(14)13(10)11/h4,6,8,11,15H,2-3,5,7,9H2,1H3. The molecule has 0 amide bonds. The van der Waals surface area contributed by atoms with E-state index in [9.17, 15) is 0 Å². The molecule has 2 rings (SSSR count). The van der Waals surface area contributed by atoms with Gasteiger partial charge >= 0.3 is 0 Å². The first kappa shape index (κ1) is 11.2. The molecule has 0 radical (unpaired) electrons. The summed E-state index contributed by atoms with van der Waals surface area (Å²) in [5, 5.41) is 3.47. The van der Waals surface area contributed by atoms with Gasteiger partial charge in [-0.3, -0.25) is 0 Å². The first-order valence-corrected chi connectivity index (χ1v) is 6.60. The molecule has 0 fully saturated rings. The van der Waals surface area contributed by atoms with Crippen LogP contribution in [-0.2, 0) is 6.42 Å². The third-order valence-electron chi connectivity index (χ3n) is 3.19. The van der Waals surface area contributed by atoms with Gasteiger partial charge in [0.15, 0.2) is 0 Å². The lowest BCUT2D eigenvalue weighted by molar-refractivity contribution is 0.513. The molecule has 1 N–H and O–H groups in total. The minimum Gasteiger partial charge on any atom is -0.316 e. The van der Waals surface area contributed by atoms with Crippen LogP contribution in [0.25, 0.3) is 0 Å². The van der Waals surface area contributed by atoms with E-state index in [1.54, 1.807) is 11.1 Å². The minimum atomic E-state index is 0.698. The molecule has 0 heterocycles. The molecule has 1 aliphatic rings. The fourth-order valence-electron chi connectivity index (χ4n) is 2.46. The topological polar surface area (TPSA) is 12.0 Å². The summed E-state index contributed by atoms with van der Waals surface area (Å²) < 4.78 is 1.29. The molecule has 82 valence electrons. The number of likely N-dealkylation sites (N-methyl/N-ethyl adjacent to an activating group) is 1. The molecule has 1 unspecified atom stereocenters. The lowest BCUT2D eigenvalue weighted by atomic mass is 9.83. The van der Waals surface area contributed by atoms with Crippen molar-refractivity contribution in [3.63, 3.8) is 0 Å². The molecular formula is C13H18BrN. The highest BCUT2D eigenvalue weighted by Crippen LogP contribution is 2.36. The predicted octanol–water partition coefficient (Wildman–Crippen LogP) is 3.48. The third-order valence-corrected chi connectivity index (χ3v) is 3.88. The molecule has 0 spiro atoms. The molecule has 0 aliphatic heterocycles. The molecule has 1 aromatic rings. The van der Waals surface area contributed by atoms with Crippen LogP contribution in [0.2, 0.25) is 0 Å².